The van der Waals surface area contributed by atoms with E-state index in [1.54, 1.807) is 0 Å². The van der Waals surface area contributed by atoms with Gasteiger partial charge in [-0.3, -0.25) is 9.69 Å². The van der Waals surface area contributed by atoms with Crippen LogP contribution in [0.25, 0.3) is 0 Å². The molecular formula is C12H23NO3. The van der Waals surface area contributed by atoms with Gasteiger partial charge in [0.2, 0.25) is 0 Å². The van der Waals surface area contributed by atoms with Gasteiger partial charge in [0, 0.05) is 18.6 Å². The first kappa shape index (κ1) is 13.5. The molecule has 0 aromatic carbocycles. The molecule has 0 aromatic rings. The zero-order valence-corrected chi connectivity index (χ0v) is 10.8. The van der Waals surface area contributed by atoms with E-state index in [0.29, 0.717) is 6.61 Å². The predicted octanol–water partition coefficient (Wildman–Crippen LogP) is 1.30. The number of hydrogen-bond acceptors (Lipinski definition) is 4. The number of ether oxygens (including phenoxy) is 2. The maximum Gasteiger partial charge on any atom is 0.309 e. The molecule has 0 N–H and O–H groups in total. The first-order chi connectivity index (χ1) is 7.47. The third-order valence-corrected chi connectivity index (χ3v) is 3.00. The Balaban J connectivity index is 2.48. The lowest BCUT2D eigenvalue weighted by atomic mass is 10.0. The third-order valence-electron chi connectivity index (χ3n) is 3.00. The van der Waals surface area contributed by atoms with Gasteiger partial charge in [-0.2, -0.15) is 0 Å². The van der Waals surface area contributed by atoms with Crippen LogP contribution in [-0.2, 0) is 14.3 Å². The largest absolute Gasteiger partial charge is 0.466 e. The van der Waals surface area contributed by atoms with E-state index in [-0.39, 0.29) is 17.4 Å². The van der Waals surface area contributed by atoms with Crippen LogP contribution in [0.1, 0.15) is 27.7 Å². The number of esters is 1. The first-order valence-electron chi connectivity index (χ1n) is 5.97. The smallest absolute Gasteiger partial charge is 0.309 e. The lowest BCUT2D eigenvalue weighted by molar-refractivity contribution is -0.149. The van der Waals surface area contributed by atoms with Gasteiger partial charge in [0.1, 0.15) is 0 Å². The van der Waals surface area contributed by atoms with Crippen molar-refractivity contribution in [3.8, 4) is 0 Å². The Morgan fingerprint density at radius 3 is 2.81 bits per heavy atom. The minimum atomic E-state index is -0.107. The van der Waals surface area contributed by atoms with Gasteiger partial charge in [-0.1, -0.05) is 6.92 Å². The number of nitrogens with zero attached hydrogens (tertiary/aromatic N) is 1. The zero-order valence-electron chi connectivity index (χ0n) is 10.8. The van der Waals surface area contributed by atoms with Gasteiger partial charge >= 0.3 is 5.97 Å². The van der Waals surface area contributed by atoms with Crippen molar-refractivity contribution in [2.75, 3.05) is 32.9 Å². The highest BCUT2D eigenvalue weighted by atomic mass is 16.5. The van der Waals surface area contributed by atoms with E-state index in [1.807, 2.05) is 13.8 Å². The lowest BCUT2D eigenvalue weighted by Gasteiger charge is -2.42. The molecule has 0 bridgehead atoms. The van der Waals surface area contributed by atoms with Crippen molar-refractivity contribution in [1.29, 1.82) is 0 Å². The Morgan fingerprint density at radius 2 is 2.25 bits per heavy atom. The monoisotopic (exact) mass is 229 g/mol. The molecular weight excluding hydrogens is 206 g/mol. The third kappa shape index (κ3) is 3.46. The molecule has 16 heavy (non-hydrogen) atoms. The summed E-state index contributed by atoms with van der Waals surface area (Å²) >= 11 is 0. The van der Waals surface area contributed by atoms with Gasteiger partial charge in [0.05, 0.1) is 25.7 Å². The van der Waals surface area contributed by atoms with Gasteiger partial charge in [-0.05, 0) is 20.8 Å². The van der Waals surface area contributed by atoms with Crippen LogP contribution in [0.2, 0.25) is 0 Å². The Hall–Kier alpha value is -0.610. The molecule has 94 valence electrons. The van der Waals surface area contributed by atoms with Crippen molar-refractivity contribution in [3.63, 3.8) is 0 Å². The summed E-state index contributed by atoms with van der Waals surface area (Å²) in [6.07, 6.45) is 0. The molecule has 1 unspecified atom stereocenters. The van der Waals surface area contributed by atoms with E-state index in [2.05, 4.69) is 18.7 Å². The molecule has 0 spiro atoms. The second-order valence-corrected chi connectivity index (χ2v) is 4.96. The molecule has 0 aliphatic carbocycles. The minimum absolute atomic E-state index is 0.0129. The Labute approximate surface area is 97.9 Å². The van der Waals surface area contributed by atoms with Crippen LogP contribution < -0.4 is 0 Å². The van der Waals surface area contributed by atoms with E-state index >= 15 is 0 Å². The van der Waals surface area contributed by atoms with Crippen LogP contribution in [0.15, 0.2) is 0 Å². The summed E-state index contributed by atoms with van der Waals surface area (Å²) in [6.45, 7) is 11.6. The van der Waals surface area contributed by atoms with Crippen molar-refractivity contribution in [3.05, 3.63) is 0 Å². The summed E-state index contributed by atoms with van der Waals surface area (Å²) < 4.78 is 10.5. The first-order valence-corrected chi connectivity index (χ1v) is 5.97. The number of hydrogen-bond donors (Lipinski definition) is 0. The SMILES string of the molecule is CCOC(=O)C(C)CN1CCOCC1(C)C. The lowest BCUT2D eigenvalue weighted by Crippen LogP contribution is -2.54. The minimum Gasteiger partial charge on any atom is -0.466 e. The fourth-order valence-electron chi connectivity index (χ4n) is 1.92. The van der Waals surface area contributed by atoms with Gasteiger partial charge in [0.25, 0.3) is 0 Å². The van der Waals surface area contributed by atoms with E-state index in [4.69, 9.17) is 9.47 Å². The Morgan fingerprint density at radius 1 is 1.56 bits per heavy atom. The molecule has 1 aliphatic rings. The fourth-order valence-corrected chi connectivity index (χ4v) is 1.92. The van der Waals surface area contributed by atoms with Crippen molar-refractivity contribution < 1.29 is 14.3 Å². The molecule has 0 radical (unpaired) electrons. The van der Waals surface area contributed by atoms with Crippen molar-refractivity contribution in [2.24, 2.45) is 5.92 Å². The predicted molar refractivity (Wildman–Crippen MR) is 62.3 cm³/mol. The van der Waals surface area contributed by atoms with E-state index in [9.17, 15) is 4.79 Å². The average Bonchev–Trinajstić information content (AvgIpc) is 2.21. The summed E-state index contributed by atoms with van der Waals surface area (Å²) in [5, 5.41) is 0. The summed E-state index contributed by atoms with van der Waals surface area (Å²) in [4.78, 5) is 13.9. The number of carbonyl (C=O) groups excluding carboxylic acids is 1. The number of carbonyl (C=O) groups is 1. The van der Waals surface area contributed by atoms with Crippen LogP contribution in [0.5, 0.6) is 0 Å². The van der Waals surface area contributed by atoms with Crippen LogP contribution in [0, 0.1) is 5.92 Å². The molecule has 0 saturated carbocycles. The highest BCUT2D eigenvalue weighted by Crippen LogP contribution is 2.20. The van der Waals surface area contributed by atoms with Crippen molar-refractivity contribution in [2.45, 2.75) is 33.2 Å². The molecule has 4 heteroatoms. The number of morpholine rings is 1. The molecule has 0 aromatic heterocycles. The zero-order chi connectivity index (χ0) is 12.2. The van der Waals surface area contributed by atoms with Crippen LogP contribution in [0.3, 0.4) is 0 Å². The molecule has 1 fully saturated rings. The van der Waals surface area contributed by atoms with Gasteiger partial charge < -0.3 is 9.47 Å². The van der Waals surface area contributed by atoms with E-state index < -0.39 is 0 Å². The van der Waals surface area contributed by atoms with Gasteiger partial charge in [-0.15, -0.1) is 0 Å². The second-order valence-electron chi connectivity index (χ2n) is 4.96. The van der Waals surface area contributed by atoms with Gasteiger partial charge in [0.15, 0.2) is 0 Å². The quantitative estimate of drug-likeness (QED) is 0.681. The highest BCUT2D eigenvalue weighted by Gasteiger charge is 2.32. The fraction of sp³-hybridized carbons (Fsp3) is 0.917. The van der Waals surface area contributed by atoms with Crippen molar-refractivity contribution in [1.82, 2.24) is 4.90 Å². The molecule has 1 aliphatic heterocycles. The second kappa shape index (κ2) is 5.64. The maximum absolute atomic E-state index is 11.5. The van der Waals surface area contributed by atoms with Gasteiger partial charge in [-0.25, -0.2) is 0 Å². The molecule has 1 atom stereocenters. The summed E-state index contributed by atoms with van der Waals surface area (Å²) in [7, 11) is 0. The summed E-state index contributed by atoms with van der Waals surface area (Å²) in [5.74, 6) is -0.179. The highest BCUT2D eigenvalue weighted by molar-refractivity contribution is 5.72. The molecule has 0 amide bonds. The summed E-state index contributed by atoms with van der Waals surface area (Å²) in [5.41, 5.74) is 0.0129. The van der Waals surface area contributed by atoms with Crippen LogP contribution >= 0.6 is 0 Å². The number of rotatable bonds is 4. The molecule has 1 heterocycles. The standard InChI is InChI=1S/C12H23NO3/c1-5-16-11(14)10(2)8-13-6-7-15-9-12(13,3)4/h10H,5-9H2,1-4H3. The van der Waals surface area contributed by atoms with Crippen LogP contribution in [-0.4, -0.2) is 49.3 Å². The normalized spacial score (nSPS) is 22.8. The van der Waals surface area contributed by atoms with E-state index in [1.165, 1.54) is 0 Å². The van der Waals surface area contributed by atoms with E-state index in [0.717, 1.165) is 26.3 Å². The van der Waals surface area contributed by atoms with Crippen LogP contribution in [0.4, 0.5) is 0 Å². The average molecular weight is 229 g/mol. The topological polar surface area (TPSA) is 38.8 Å². The van der Waals surface area contributed by atoms with Crippen molar-refractivity contribution >= 4 is 5.97 Å². The maximum atomic E-state index is 11.5. The molecule has 1 saturated heterocycles. The summed E-state index contributed by atoms with van der Waals surface area (Å²) in [6, 6.07) is 0. The molecule has 4 nitrogen and oxygen atoms in total. The Bertz CT molecular complexity index is 240. The Kier molecular flexibility index (Phi) is 4.74. The molecule has 1 rings (SSSR count).